The van der Waals surface area contributed by atoms with Crippen LogP contribution in [-0.4, -0.2) is 38.5 Å². The van der Waals surface area contributed by atoms with Crippen LogP contribution in [0.2, 0.25) is 0 Å². The highest BCUT2D eigenvalue weighted by molar-refractivity contribution is 5.92. The first-order valence-corrected chi connectivity index (χ1v) is 9.32. The number of aliphatic hydroxyl groups excluding tert-OH is 1. The molecule has 9 heteroatoms. The Morgan fingerprint density at radius 2 is 2.03 bits per heavy atom. The molecule has 3 aromatic rings. The van der Waals surface area contributed by atoms with E-state index in [4.69, 9.17) is 0 Å². The standard InChI is InChI=1S/C21H20F2N2O5/c1-21(2,10-26)18-9-24-13-4-3-5-17(30-20(22)23)11(13)6-14(24)15-7-16(27)12(19(28)29)8-25(15)18/h3-8,18,20,26H,9-10H2,1-2H3,(H,28,29). The lowest BCUT2D eigenvalue weighted by Gasteiger charge is -2.40. The van der Waals surface area contributed by atoms with Crippen LogP contribution in [-0.2, 0) is 6.54 Å². The fourth-order valence-electron chi connectivity index (χ4n) is 4.03. The Morgan fingerprint density at radius 3 is 2.67 bits per heavy atom. The smallest absolute Gasteiger partial charge is 0.387 e. The third kappa shape index (κ3) is 3.06. The molecule has 0 saturated heterocycles. The zero-order valence-corrected chi connectivity index (χ0v) is 16.3. The van der Waals surface area contributed by atoms with Crippen LogP contribution in [0.25, 0.3) is 22.3 Å². The molecule has 0 radical (unpaired) electrons. The molecule has 0 amide bonds. The summed E-state index contributed by atoms with van der Waals surface area (Å²) in [7, 11) is 0. The van der Waals surface area contributed by atoms with Crippen molar-refractivity contribution in [3.8, 4) is 17.1 Å². The average molecular weight is 418 g/mol. The van der Waals surface area contributed by atoms with Crippen LogP contribution in [0.5, 0.6) is 5.75 Å². The zero-order chi connectivity index (χ0) is 21.8. The fourth-order valence-corrected chi connectivity index (χ4v) is 4.03. The Balaban J connectivity index is 2.03. The predicted octanol–water partition coefficient (Wildman–Crippen LogP) is 3.34. The van der Waals surface area contributed by atoms with E-state index in [1.54, 1.807) is 22.8 Å². The minimum atomic E-state index is -2.98. The lowest BCUT2D eigenvalue weighted by molar-refractivity contribution is -0.0488. The van der Waals surface area contributed by atoms with Gasteiger partial charge >= 0.3 is 12.6 Å². The molecular weight excluding hydrogens is 398 g/mol. The van der Waals surface area contributed by atoms with Gasteiger partial charge in [-0.25, -0.2) is 4.79 Å². The van der Waals surface area contributed by atoms with Crippen LogP contribution in [0, 0.1) is 5.41 Å². The van der Waals surface area contributed by atoms with Gasteiger partial charge in [0.2, 0.25) is 0 Å². The van der Waals surface area contributed by atoms with Gasteiger partial charge < -0.3 is 24.1 Å². The van der Waals surface area contributed by atoms with Crippen LogP contribution in [0.1, 0.15) is 30.2 Å². The highest BCUT2D eigenvalue weighted by Crippen LogP contribution is 2.43. The number of carboxylic acids is 1. The number of hydrogen-bond acceptors (Lipinski definition) is 4. The van der Waals surface area contributed by atoms with Gasteiger partial charge in [-0.05, 0) is 18.2 Å². The molecule has 0 fully saturated rings. The minimum Gasteiger partial charge on any atom is -0.477 e. The molecule has 0 saturated carbocycles. The Labute approximate surface area is 169 Å². The van der Waals surface area contributed by atoms with Crippen molar-refractivity contribution >= 4 is 16.9 Å². The number of nitrogens with zero attached hydrogens (tertiary/aromatic N) is 2. The van der Waals surface area contributed by atoms with Crippen molar-refractivity contribution in [2.24, 2.45) is 5.41 Å². The Hall–Kier alpha value is -3.20. The summed E-state index contributed by atoms with van der Waals surface area (Å²) in [5, 5.41) is 19.8. The normalized spacial score (nSPS) is 15.9. The summed E-state index contributed by atoms with van der Waals surface area (Å²) in [4.78, 5) is 23.9. The molecule has 158 valence electrons. The van der Waals surface area contributed by atoms with Gasteiger partial charge in [-0.3, -0.25) is 4.79 Å². The Morgan fingerprint density at radius 1 is 1.30 bits per heavy atom. The van der Waals surface area contributed by atoms with Gasteiger partial charge in [0.1, 0.15) is 11.3 Å². The van der Waals surface area contributed by atoms with Crippen molar-refractivity contribution < 1.29 is 28.5 Å². The summed E-state index contributed by atoms with van der Waals surface area (Å²) in [6.45, 7) is 0.852. The van der Waals surface area contributed by atoms with Gasteiger partial charge in [0, 0.05) is 29.6 Å². The molecule has 1 aliphatic heterocycles. The first kappa shape index (κ1) is 20.1. The molecule has 1 unspecified atom stereocenters. The van der Waals surface area contributed by atoms with E-state index in [2.05, 4.69) is 4.74 Å². The van der Waals surface area contributed by atoms with E-state index >= 15 is 0 Å². The number of pyridine rings is 1. The van der Waals surface area contributed by atoms with Crippen LogP contribution >= 0.6 is 0 Å². The number of hydrogen-bond donors (Lipinski definition) is 2. The topological polar surface area (TPSA) is 93.7 Å². The first-order chi connectivity index (χ1) is 14.1. The van der Waals surface area contributed by atoms with E-state index in [9.17, 15) is 28.6 Å². The molecule has 3 heterocycles. The molecule has 0 spiro atoms. The maximum absolute atomic E-state index is 12.9. The van der Waals surface area contributed by atoms with E-state index in [0.29, 0.717) is 28.8 Å². The van der Waals surface area contributed by atoms with Crippen molar-refractivity contribution in [1.82, 2.24) is 9.13 Å². The number of rotatable bonds is 5. The number of aromatic carboxylic acids is 1. The monoisotopic (exact) mass is 418 g/mol. The predicted molar refractivity (Wildman–Crippen MR) is 105 cm³/mol. The molecule has 30 heavy (non-hydrogen) atoms. The van der Waals surface area contributed by atoms with E-state index in [1.165, 1.54) is 18.3 Å². The fraction of sp³-hybridized carbons (Fsp3) is 0.333. The number of aromatic nitrogens is 2. The van der Waals surface area contributed by atoms with Crippen molar-refractivity contribution in [3.05, 3.63) is 52.3 Å². The number of carbonyl (C=O) groups is 1. The maximum Gasteiger partial charge on any atom is 0.387 e. The van der Waals surface area contributed by atoms with Gasteiger partial charge in [-0.1, -0.05) is 19.9 Å². The average Bonchev–Trinajstić information content (AvgIpc) is 3.06. The van der Waals surface area contributed by atoms with Gasteiger partial charge in [0.05, 0.1) is 29.6 Å². The molecule has 0 bridgehead atoms. The van der Waals surface area contributed by atoms with Crippen LogP contribution in [0.15, 0.2) is 41.3 Å². The summed E-state index contributed by atoms with van der Waals surface area (Å²) < 4.78 is 33.9. The third-order valence-corrected chi connectivity index (χ3v) is 5.70. The van der Waals surface area contributed by atoms with Crippen LogP contribution < -0.4 is 10.2 Å². The van der Waals surface area contributed by atoms with E-state index in [0.717, 1.165) is 0 Å². The Bertz CT molecular complexity index is 1210. The molecule has 1 atom stereocenters. The number of aliphatic hydroxyl groups is 1. The second-order valence-corrected chi connectivity index (χ2v) is 8.02. The summed E-state index contributed by atoms with van der Waals surface area (Å²) in [5.74, 6) is -1.33. The molecule has 4 rings (SSSR count). The summed E-state index contributed by atoms with van der Waals surface area (Å²) >= 11 is 0. The number of alkyl halides is 2. The lowest BCUT2D eigenvalue weighted by atomic mass is 9.83. The summed E-state index contributed by atoms with van der Waals surface area (Å²) in [6, 6.07) is 7.31. The van der Waals surface area contributed by atoms with Crippen LogP contribution in [0.3, 0.4) is 0 Å². The number of halogens is 2. The van der Waals surface area contributed by atoms with E-state index in [-0.39, 0.29) is 24.0 Å². The van der Waals surface area contributed by atoms with Gasteiger partial charge in [0.25, 0.3) is 0 Å². The minimum absolute atomic E-state index is 0.0124. The molecule has 2 aromatic heterocycles. The Kier molecular flexibility index (Phi) is 4.65. The van der Waals surface area contributed by atoms with Gasteiger partial charge in [-0.2, -0.15) is 8.78 Å². The molecule has 7 nitrogen and oxygen atoms in total. The quantitative estimate of drug-likeness (QED) is 0.663. The highest BCUT2D eigenvalue weighted by atomic mass is 19.3. The summed E-state index contributed by atoms with van der Waals surface area (Å²) in [5.41, 5.74) is -0.0228. The second kappa shape index (κ2) is 6.94. The number of ether oxygens (including phenoxy) is 1. The van der Waals surface area contributed by atoms with Gasteiger partial charge in [-0.15, -0.1) is 0 Å². The van der Waals surface area contributed by atoms with Crippen molar-refractivity contribution in [2.45, 2.75) is 33.0 Å². The second-order valence-electron chi connectivity index (χ2n) is 8.02. The number of benzene rings is 1. The lowest BCUT2D eigenvalue weighted by Crippen LogP contribution is -2.38. The molecule has 1 aromatic carbocycles. The molecule has 2 N–H and O–H groups in total. The van der Waals surface area contributed by atoms with E-state index < -0.39 is 23.4 Å². The zero-order valence-electron chi connectivity index (χ0n) is 16.3. The van der Waals surface area contributed by atoms with Gasteiger partial charge in [0.15, 0.2) is 5.43 Å². The SMILES string of the molecule is CC(C)(CO)C1Cn2c(cc3c(OC(F)F)cccc32)-c2cc(=O)c(C(=O)O)cn21. The molecular formula is C21H20F2N2O5. The summed E-state index contributed by atoms with van der Waals surface area (Å²) in [6.07, 6.45) is 1.29. The van der Waals surface area contributed by atoms with Crippen LogP contribution in [0.4, 0.5) is 8.78 Å². The third-order valence-electron chi connectivity index (χ3n) is 5.70. The van der Waals surface area contributed by atoms with Crippen molar-refractivity contribution in [3.63, 3.8) is 0 Å². The largest absolute Gasteiger partial charge is 0.477 e. The number of carboxylic acid groups (broad SMARTS) is 1. The number of fused-ring (bicyclic) bond motifs is 5. The highest BCUT2D eigenvalue weighted by Gasteiger charge is 2.37. The van der Waals surface area contributed by atoms with Crippen molar-refractivity contribution in [2.75, 3.05) is 6.61 Å². The maximum atomic E-state index is 12.9. The first-order valence-electron chi connectivity index (χ1n) is 9.32. The molecule has 1 aliphatic rings. The van der Waals surface area contributed by atoms with Crippen molar-refractivity contribution in [1.29, 1.82) is 0 Å². The molecule has 0 aliphatic carbocycles. The van der Waals surface area contributed by atoms with E-state index in [1.807, 2.05) is 18.4 Å².